The molecule has 2 heterocycles. The number of aliphatic carboxylic acids is 1. The van der Waals surface area contributed by atoms with Crippen LogP contribution in [-0.2, 0) is 25.3 Å². The van der Waals surface area contributed by atoms with Gasteiger partial charge in [0.25, 0.3) is 0 Å². The second-order valence-electron chi connectivity index (χ2n) is 11.0. The number of carboxylic acid groups (broad SMARTS) is 1. The predicted molar refractivity (Wildman–Crippen MR) is 123 cm³/mol. The Bertz CT molecular complexity index is 846. The van der Waals surface area contributed by atoms with Crippen LogP contribution in [0.5, 0.6) is 0 Å². The molecule has 176 valence electrons. The van der Waals surface area contributed by atoms with Gasteiger partial charge in [0, 0.05) is 13.1 Å². The summed E-state index contributed by atoms with van der Waals surface area (Å²) in [7, 11) is -0.489. The number of hydrogen-bond donors (Lipinski definition) is 1. The lowest BCUT2D eigenvalue weighted by atomic mass is 9.77. The molecule has 0 unspecified atom stereocenters. The molecule has 0 spiro atoms. The van der Waals surface area contributed by atoms with Gasteiger partial charge in [-0.25, -0.2) is 4.79 Å². The van der Waals surface area contributed by atoms with E-state index in [0.29, 0.717) is 25.9 Å². The first-order valence-corrected chi connectivity index (χ1v) is 11.3. The molecular weight excluding hydrogens is 409 g/mol. The molecule has 0 radical (unpaired) electrons. The van der Waals surface area contributed by atoms with Gasteiger partial charge in [-0.1, -0.05) is 24.3 Å². The van der Waals surface area contributed by atoms with E-state index in [2.05, 4.69) is 0 Å². The topological polar surface area (TPSA) is 85.3 Å². The molecule has 2 fully saturated rings. The second kappa shape index (κ2) is 8.71. The van der Waals surface area contributed by atoms with Crippen LogP contribution >= 0.6 is 0 Å². The molecule has 32 heavy (non-hydrogen) atoms. The molecule has 2 aliphatic rings. The molecule has 1 amide bonds. The van der Waals surface area contributed by atoms with Gasteiger partial charge in [-0.05, 0) is 78.3 Å². The van der Waals surface area contributed by atoms with E-state index in [4.69, 9.17) is 14.0 Å². The maximum Gasteiger partial charge on any atom is 0.494 e. The fourth-order valence-electron chi connectivity index (χ4n) is 4.16. The first-order valence-electron chi connectivity index (χ1n) is 11.3. The van der Waals surface area contributed by atoms with E-state index < -0.39 is 35.8 Å². The van der Waals surface area contributed by atoms with Gasteiger partial charge in [0.05, 0.1) is 17.1 Å². The lowest BCUT2D eigenvalue weighted by Crippen LogP contribution is -2.41. The van der Waals surface area contributed by atoms with E-state index in [1.807, 2.05) is 72.7 Å². The molecule has 1 aromatic carbocycles. The molecular formula is C24H36BNO6. The molecule has 3 rings (SSSR count). The third kappa shape index (κ3) is 5.46. The molecule has 0 aliphatic carbocycles. The maximum absolute atomic E-state index is 12.4. The molecule has 7 nitrogen and oxygen atoms in total. The fraction of sp³-hybridized carbons (Fsp3) is 0.667. The van der Waals surface area contributed by atoms with Crippen molar-refractivity contribution in [3.63, 3.8) is 0 Å². The third-order valence-electron chi connectivity index (χ3n) is 6.69. The summed E-state index contributed by atoms with van der Waals surface area (Å²) in [4.78, 5) is 26.1. The van der Waals surface area contributed by atoms with Gasteiger partial charge in [0.1, 0.15) is 5.60 Å². The van der Waals surface area contributed by atoms with Crippen LogP contribution in [0.25, 0.3) is 0 Å². The van der Waals surface area contributed by atoms with Crippen molar-refractivity contribution < 1.29 is 28.7 Å². The number of amides is 1. The average molecular weight is 445 g/mol. The van der Waals surface area contributed by atoms with Gasteiger partial charge in [-0.3, -0.25) is 4.79 Å². The second-order valence-corrected chi connectivity index (χ2v) is 11.0. The van der Waals surface area contributed by atoms with Gasteiger partial charge >= 0.3 is 19.2 Å². The van der Waals surface area contributed by atoms with Crippen LogP contribution in [0.4, 0.5) is 4.79 Å². The molecule has 0 aromatic heterocycles. The Labute approximate surface area is 191 Å². The van der Waals surface area contributed by atoms with Crippen LogP contribution in [-0.4, -0.2) is 59.1 Å². The van der Waals surface area contributed by atoms with E-state index in [9.17, 15) is 14.7 Å². The zero-order valence-electron chi connectivity index (χ0n) is 20.3. The molecule has 1 N–H and O–H groups in total. The number of likely N-dealkylation sites (tertiary alicyclic amines) is 1. The van der Waals surface area contributed by atoms with E-state index in [0.717, 1.165) is 11.0 Å². The highest BCUT2D eigenvalue weighted by atomic mass is 16.7. The molecule has 0 bridgehead atoms. The number of rotatable bonds is 5. The summed E-state index contributed by atoms with van der Waals surface area (Å²) in [5.74, 6) is -1.56. The Morgan fingerprint density at radius 3 is 2.41 bits per heavy atom. The highest BCUT2D eigenvalue weighted by Gasteiger charge is 2.51. The minimum atomic E-state index is -0.845. The van der Waals surface area contributed by atoms with E-state index in [1.54, 1.807) is 4.90 Å². The molecule has 2 atom stereocenters. The lowest BCUT2D eigenvalue weighted by Gasteiger charge is -2.32. The van der Waals surface area contributed by atoms with Crippen molar-refractivity contribution in [3.8, 4) is 0 Å². The number of carboxylic acids is 1. The third-order valence-corrected chi connectivity index (χ3v) is 6.69. The number of nitrogens with zero attached hydrogens (tertiary/aromatic N) is 1. The van der Waals surface area contributed by atoms with Crippen molar-refractivity contribution in [1.82, 2.24) is 4.90 Å². The summed E-state index contributed by atoms with van der Waals surface area (Å²) in [5, 5.41) is 9.94. The average Bonchev–Trinajstić information content (AvgIpc) is 3.21. The fourth-order valence-corrected chi connectivity index (χ4v) is 4.16. The van der Waals surface area contributed by atoms with Crippen molar-refractivity contribution in [1.29, 1.82) is 0 Å². The van der Waals surface area contributed by atoms with Gasteiger partial charge in [0.2, 0.25) is 0 Å². The van der Waals surface area contributed by atoms with Crippen molar-refractivity contribution in [2.24, 2.45) is 11.8 Å². The standard InChI is InChI=1S/C24H36BNO6/c1-22(2,3)30-21(29)26-12-11-17(15-26)19(20(27)28)14-16-9-8-10-18(13-16)25-31-23(4,5)24(6,7)32-25/h8-10,13,17,19H,11-12,14-15H2,1-7H3,(H,27,28)/t17-,19-/m0/s1. The Hall–Kier alpha value is -2.06. The van der Waals surface area contributed by atoms with Gasteiger partial charge in [0.15, 0.2) is 0 Å². The Kier molecular flexibility index (Phi) is 6.69. The molecule has 2 aliphatic heterocycles. The monoisotopic (exact) mass is 445 g/mol. The summed E-state index contributed by atoms with van der Waals surface area (Å²) in [6, 6.07) is 7.77. The highest BCUT2D eigenvalue weighted by Crippen LogP contribution is 2.36. The number of carbonyl (C=O) groups excluding carboxylic acids is 1. The molecule has 0 saturated carbocycles. The van der Waals surface area contributed by atoms with E-state index in [1.165, 1.54) is 0 Å². The quantitative estimate of drug-likeness (QED) is 0.699. The Morgan fingerprint density at radius 1 is 1.22 bits per heavy atom. The number of carbonyl (C=O) groups is 2. The maximum atomic E-state index is 12.4. The Morgan fingerprint density at radius 2 is 1.84 bits per heavy atom. The number of benzene rings is 1. The minimum absolute atomic E-state index is 0.125. The summed E-state index contributed by atoms with van der Waals surface area (Å²) in [6.07, 6.45) is 0.648. The zero-order valence-corrected chi connectivity index (χ0v) is 20.3. The summed E-state index contributed by atoms with van der Waals surface area (Å²) >= 11 is 0. The predicted octanol–water partition coefficient (Wildman–Crippen LogP) is 3.49. The summed E-state index contributed by atoms with van der Waals surface area (Å²) in [5.41, 5.74) is 0.348. The Balaban J connectivity index is 1.69. The zero-order chi connectivity index (χ0) is 23.9. The van der Waals surface area contributed by atoms with Crippen LogP contribution in [0.15, 0.2) is 24.3 Å². The van der Waals surface area contributed by atoms with Crippen molar-refractivity contribution in [2.75, 3.05) is 13.1 Å². The number of hydrogen-bond acceptors (Lipinski definition) is 5. The molecule has 8 heteroatoms. The normalized spacial score (nSPS) is 23.3. The lowest BCUT2D eigenvalue weighted by molar-refractivity contribution is -0.143. The van der Waals surface area contributed by atoms with E-state index >= 15 is 0 Å². The van der Waals surface area contributed by atoms with Gasteiger partial charge < -0.3 is 24.1 Å². The van der Waals surface area contributed by atoms with Crippen LogP contribution < -0.4 is 5.46 Å². The minimum Gasteiger partial charge on any atom is -0.481 e. The van der Waals surface area contributed by atoms with Gasteiger partial charge in [-0.2, -0.15) is 0 Å². The smallest absolute Gasteiger partial charge is 0.481 e. The van der Waals surface area contributed by atoms with Crippen LogP contribution in [0.2, 0.25) is 0 Å². The summed E-state index contributed by atoms with van der Waals surface area (Å²) < 4.78 is 17.7. The van der Waals surface area contributed by atoms with E-state index in [-0.39, 0.29) is 12.0 Å². The van der Waals surface area contributed by atoms with Crippen molar-refractivity contribution >= 4 is 24.6 Å². The first-order chi connectivity index (χ1) is 14.7. The summed E-state index contributed by atoms with van der Waals surface area (Å²) in [6.45, 7) is 14.4. The first kappa shape index (κ1) is 24.6. The van der Waals surface area contributed by atoms with Gasteiger partial charge in [-0.15, -0.1) is 0 Å². The number of ether oxygens (including phenoxy) is 1. The molecule has 2 saturated heterocycles. The van der Waals surface area contributed by atoms with Crippen LogP contribution in [0.1, 0.15) is 60.5 Å². The van der Waals surface area contributed by atoms with Crippen molar-refractivity contribution in [3.05, 3.63) is 29.8 Å². The molecule has 1 aromatic rings. The van der Waals surface area contributed by atoms with Crippen molar-refractivity contribution in [2.45, 2.75) is 78.1 Å². The van der Waals surface area contributed by atoms with Crippen LogP contribution in [0, 0.1) is 11.8 Å². The highest BCUT2D eigenvalue weighted by molar-refractivity contribution is 6.62. The SMILES string of the molecule is CC(C)(C)OC(=O)N1CC[C@H]([C@H](Cc2cccc(B3OC(C)(C)C(C)(C)O3)c2)C(=O)O)C1. The van der Waals surface area contributed by atoms with Crippen LogP contribution in [0.3, 0.4) is 0 Å². The largest absolute Gasteiger partial charge is 0.494 e.